The lowest BCUT2D eigenvalue weighted by Crippen LogP contribution is -2.60. The highest BCUT2D eigenvalue weighted by molar-refractivity contribution is 6.10. The first-order valence-electron chi connectivity index (χ1n) is 13.6. The molecule has 0 unspecified atom stereocenters. The highest BCUT2D eigenvalue weighted by atomic mass is 19.3. The standard InChI is InChI=1S/C28H39F2N5O6/c1-16(2)22(24(38)28(29,30)27(41)32-15-18-10-7-6-8-11-18)34-25(39)19-12-9-13-35(19)26(40)23(17(3)4)33-21(37)14-20(36)31-5/h6-8,10-11,16-17,19,22-23H,9,12-15H2,1-5H3,(H,31,36)(H,32,41)(H,33,37)(H,34,39)/t19-,22-,23-/m0/s1. The zero-order valence-electron chi connectivity index (χ0n) is 24.0. The fraction of sp³-hybridized carbons (Fsp3) is 0.571. The van der Waals surface area contributed by atoms with E-state index < -0.39 is 77.6 Å². The van der Waals surface area contributed by atoms with E-state index in [1.54, 1.807) is 44.2 Å². The van der Waals surface area contributed by atoms with Gasteiger partial charge in [-0.2, -0.15) is 8.78 Å². The quantitative estimate of drug-likeness (QED) is 0.255. The van der Waals surface area contributed by atoms with Crippen LogP contribution in [0.15, 0.2) is 30.3 Å². The Morgan fingerprint density at radius 3 is 2.10 bits per heavy atom. The second-order valence-corrected chi connectivity index (χ2v) is 10.7. The van der Waals surface area contributed by atoms with Gasteiger partial charge in [-0.1, -0.05) is 58.0 Å². The molecule has 0 bridgehead atoms. The van der Waals surface area contributed by atoms with Gasteiger partial charge >= 0.3 is 5.92 Å². The molecule has 11 nitrogen and oxygen atoms in total. The van der Waals surface area contributed by atoms with Gasteiger partial charge in [-0.25, -0.2) is 0 Å². The van der Waals surface area contributed by atoms with Crippen LogP contribution in [0.2, 0.25) is 0 Å². The fourth-order valence-corrected chi connectivity index (χ4v) is 4.43. The largest absolute Gasteiger partial charge is 0.383 e. The Bertz CT molecular complexity index is 1130. The molecule has 3 atom stereocenters. The molecule has 0 aliphatic carbocycles. The molecule has 1 fully saturated rings. The van der Waals surface area contributed by atoms with Crippen molar-refractivity contribution in [3.8, 4) is 0 Å². The first-order chi connectivity index (χ1) is 19.2. The molecule has 41 heavy (non-hydrogen) atoms. The van der Waals surface area contributed by atoms with Crippen LogP contribution in [0.4, 0.5) is 8.78 Å². The smallest absolute Gasteiger partial charge is 0.359 e. The van der Waals surface area contributed by atoms with Crippen molar-refractivity contribution >= 4 is 35.3 Å². The molecular weight excluding hydrogens is 540 g/mol. The molecule has 1 saturated heterocycles. The number of carbonyl (C=O) groups is 6. The summed E-state index contributed by atoms with van der Waals surface area (Å²) in [5.74, 6) is -11.7. The molecule has 2 rings (SSSR count). The van der Waals surface area contributed by atoms with Crippen LogP contribution >= 0.6 is 0 Å². The molecule has 0 spiro atoms. The first-order valence-corrected chi connectivity index (χ1v) is 13.6. The Kier molecular flexibility index (Phi) is 11.9. The number of benzene rings is 1. The van der Waals surface area contributed by atoms with Crippen LogP contribution in [0, 0.1) is 11.8 Å². The lowest BCUT2D eigenvalue weighted by Gasteiger charge is -2.32. The minimum Gasteiger partial charge on any atom is -0.359 e. The second-order valence-electron chi connectivity index (χ2n) is 10.7. The summed E-state index contributed by atoms with van der Waals surface area (Å²) in [5.41, 5.74) is 0.563. The molecule has 1 heterocycles. The summed E-state index contributed by atoms with van der Waals surface area (Å²) in [6, 6.07) is 4.51. The average Bonchev–Trinajstić information content (AvgIpc) is 3.42. The van der Waals surface area contributed by atoms with Gasteiger partial charge in [-0.15, -0.1) is 0 Å². The van der Waals surface area contributed by atoms with Gasteiger partial charge in [0.2, 0.25) is 29.4 Å². The summed E-state index contributed by atoms with van der Waals surface area (Å²) in [6.45, 7) is 6.24. The number of ketones is 1. The molecule has 1 aromatic carbocycles. The molecule has 4 N–H and O–H groups in total. The van der Waals surface area contributed by atoms with Crippen LogP contribution < -0.4 is 21.3 Å². The summed E-state index contributed by atoms with van der Waals surface area (Å²) in [6.07, 6.45) is 0.156. The van der Waals surface area contributed by atoms with Gasteiger partial charge in [0.15, 0.2) is 0 Å². The minimum absolute atomic E-state index is 0.170. The Balaban J connectivity index is 2.13. The lowest BCUT2D eigenvalue weighted by molar-refractivity contribution is -0.161. The maximum Gasteiger partial charge on any atom is 0.383 e. The molecule has 0 saturated carbocycles. The highest BCUT2D eigenvalue weighted by Gasteiger charge is 2.51. The van der Waals surface area contributed by atoms with E-state index in [1.807, 2.05) is 0 Å². The van der Waals surface area contributed by atoms with E-state index >= 15 is 0 Å². The Morgan fingerprint density at radius 2 is 1.54 bits per heavy atom. The van der Waals surface area contributed by atoms with Gasteiger partial charge in [0.1, 0.15) is 18.5 Å². The normalized spacial score (nSPS) is 16.6. The highest BCUT2D eigenvalue weighted by Crippen LogP contribution is 2.24. The zero-order chi connectivity index (χ0) is 30.9. The van der Waals surface area contributed by atoms with Crippen molar-refractivity contribution in [3.63, 3.8) is 0 Å². The van der Waals surface area contributed by atoms with Crippen molar-refractivity contribution in [1.29, 1.82) is 0 Å². The van der Waals surface area contributed by atoms with Crippen LogP contribution in [0.1, 0.15) is 52.5 Å². The van der Waals surface area contributed by atoms with Crippen LogP contribution in [0.3, 0.4) is 0 Å². The monoisotopic (exact) mass is 579 g/mol. The number of amides is 5. The van der Waals surface area contributed by atoms with Crippen LogP contribution in [0.25, 0.3) is 0 Å². The van der Waals surface area contributed by atoms with Crippen LogP contribution in [-0.4, -0.2) is 77.9 Å². The number of hydrogen-bond acceptors (Lipinski definition) is 6. The molecule has 13 heteroatoms. The molecule has 1 aliphatic rings. The molecule has 226 valence electrons. The van der Waals surface area contributed by atoms with Crippen molar-refractivity contribution < 1.29 is 37.5 Å². The Morgan fingerprint density at radius 1 is 0.927 bits per heavy atom. The van der Waals surface area contributed by atoms with Crippen molar-refractivity contribution in [2.45, 2.75) is 77.6 Å². The molecule has 5 amide bonds. The number of nitrogens with zero attached hydrogens (tertiary/aromatic N) is 1. The minimum atomic E-state index is -4.42. The third kappa shape index (κ3) is 8.79. The average molecular weight is 580 g/mol. The van der Waals surface area contributed by atoms with Gasteiger partial charge in [0.25, 0.3) is 5.91 Å². The van der Waals surface area contributed by atoms with Crippen LogP contribution in [-0.2, 0) is 35.3 Å². The summed E-state index contributed by atoms with van der Waals surface area (Å²) < 4.78 is 29.9. The van der Waals surface area contributed by atoms with E-state index in [9.17, 15) is 37.5 Å². The SMILES string of the molecule is CNC(=O)CC(=O)N[C@H](C(=O)N1CCC[C@H]1C(=O)N[C@H](C(=O)C(F)(F)C(=O)NCc1ccccc1)C(C)C)C(C)C. The molecular formula is C28H39F2N5O6. The predicted molar refractivity (Wildman–Crippen MR) is 145 cm³/mol. The first kappa shape index (κ1) is 33.3. The van der Waals surface area contributed by atoms with E-state index in [0.717, 1.165) is 0 Å². The molecule has 1 aliphatic heterocycles. The Labute approximate surface area is 238 Å². The van der Waals surface area contributed by atoms with Gasteiger partial charge in [-0.05, 0) is 30.2 Å². The van der Waals surface area contributed by atoms with E-state index in [4.69, 9.17) is 0 Å². The van der Waals surface area contributed by atoms with Gasteiger partial charge < -0.3 is 26.2 Å². The number of nitrogens with one attached hydrogen (secondary N) is 4. The number of halogens is 2. The van der Waals surface area contributed by atoms with E-state index in [-0.39, 0.29) is 19.5 Å². The predicted octanol–water partition coefficient (Wildman–Crippen LogP) is 0.916. The third-order valence-electron chi connectivity index (χ3n) is 6.83. The molecule has 0 radical (unpaired) electrons. The van der Waals surface area contributed by atoms with E-state index in [2.05, 4.69) is 21.3 Å². The second kappa shape index (κ2) is 14.6. The number of carbonyl (C=O) groups excluding carboxylic acids is 6. The number of likely N-dealkylation sites (tertiary alicyclic amines) is 1. The third-order valence-corrected chi connectivity index (χ3v) is 6.83. The summed E-state index contributed by atoms with van der Waals surface area (Å²) in [5, 5.41) is 9.25. The van der Waals surface area contributed by atoms with Gasteiger partial charge in [0, 0.05) is 20.1 Å². The maximum atomic E-state index is 14.9. The van der Waals surface area contributed by atoms with E-state index in [1.165, 1.54) is 25.8 Å². The fourth-order valence-electron chi connectivity index (χ4n) is 4.43. The van der Waals surface area contributed by atoms with Gasteiger partial charge in [-0.3, -0.25) is 28.8 Å². The summed E-state index contributed by atoms with van der Waals surface area (Å²) in [4.78, 5) is 76.8. The van der Waals surface area contributed by atoms with Crippen LogP contribution in [0.5, 0.6) is 0 Å². The van der Waals surface area contributed by atoms with Crippen molar-refractivity contribution in [2.75, 3.05) is 13.6 Å². The van der Waals surface area contributed by atoms with Crippen molar-refractivity contribution in [3.05, 3.63) is 35.9 Å². The number of alkyl halides is 2. The number of rotatable bonds is 13. The Hall–Kier alpha value is -3.90. The molecule has 0 aromatic heterocycles. The number of hydrogen-bond donors (Lipinski definition) is 4. The zero-order valence-corrected chi connectivity index (χ0v) is 24.0. The van der Waals surface area contributed by atoms with Gasteiger partial charge in [0.05, 0.1) is 6.04 Å². The van der Waals surface area contributed by atoms with Crippen molar-refractivity contribution in [1.82, 2.24) is 26.2 Å². The summed E-state index contributed by atoms with van der Waals surface area (Å²) in [7, 11) is 1.37. The lowest BCUT2D eigenvalue weighted by atomic mass is 9.94. The maximum absolute atomic E-state index is 14.9. The van der Waals surface area contributed by atoms with Crippen molar-refractivity contribution in [2.24, 2.45) is 11.8 Å². The topological polar surface area (TPSA) is 154 Å². The molecule has 1 aromatic rings. The van der Waals surface area contributed by atoms with E-state index in [0.29, 0.717) is 12.0 Å². The summed E-state index contributed by atoms with van der Waals surface area (Å²) >= 11 is 0. The number of Topliss-reactive ketones (excluding diaryl/α,β-unsaturated/α-hetero) is 1.